The van der Waals surface area contributed by atoms with Crippen molar-refractivity contribution in [1.29, 1.82) is 0 Å². The first-order chi connectivity index (χ1) is 9.08. The van der Waals surface area contributed by atoms with Crippen molar-refractivity contribution in [1.82, 2.24) is 9.80 Å². The minimum atomic E-state index is 0.198. The summed E-state index contributed by atoms with van der Waals surface area (Å²) in [6.07, 6.45) is 2.60. The summed E-state index contributed by atoms with van der Waals surface area (Å²) in [5.74, 6) is 0.850. The third kappa shape index (κ3) is 4.02. The number of piperidine rings is 1. The highest BCUT2D eigenvalue weighted by atomic mass is 32.1. The van der Waals surface area contributed by atoms with Crippen LogP contribution in [0, 0.1) is 5.92 Å². The first kappa shape index (κ1) is 15.0. The maximum absolute atomic E-state index is 6.23. The molecule has 2 heterocycles. The van der Waals surface area contributed by atoms with Gasteiger partial charge in [0.15, 0.2) is 0 Å². The van der Waals surface area contributed by atoms with Crippen molar-refractivity contribution >= 4 is 11.3 Å². The molecule has 2 unspecified atom stereocenters. The largest absolute Gasteiger partial charge is 0.326 e. The van der Waals surface area contributed by atoms with Crippen molar-refractivity contribution in [2.24, 2.45) is 11.7 Å². The Bertz CT molecular complexity index is 353. The van der Waals surface area contributed by atoms with Gasteiger partial charge < -0.3 is 10.6 Å². The van der Waals surface area contributed by atoms with Crippen molar-refractivity contribution in [3.05, 3.63) is 22.4 Å². The van der Waals surface area contributed by atoms with E-state index in [0.29, 0.717) is 6.04 Å². The van der Waals surface area contributed by atoms with Gasteiger partial charge in [0.25, 0.3) is 0 Å². The van der Waals surface area contributed by atoms with Gasteiger partial charge in [0.1, 0.15) is 0 Å². The Hall–Kier alpha value is -0.420. The number of rotatable bonds is 5. The molecule has 0 aliphatic carbocycles. The Morgan fingerprint density at radius 2 is 2.11 bits per heavy atom. The summed E-state index contributed by atoms with van der Waals surface area (Å²) < 4.78 is 0. The smallest absolute Gasteiger partial charge is 0.0590 e. The van der Waals surface area contributed by atoms with E-state index in [1.54, 1.807) is 0 Å². The van der Waals surface area contributed by atoms with E-state index in [-0.39, 0.29) is 6.04 Å². The van der Waals surface area contributed by atoms with Gasteiger partial charge in [-0.2, -0.15) is 0 Å². The van der Waals surface area contributed by atoms with Crippen LogP contribution in [0.25, 0.3) is 0 Å². The first-order valence-corrected chi connectivity index (χ1v) is 8.13. The standard InChI is InChI=1S/C15H27N3S/c1-12(16)15(14-5-4-10-19-14)18-8-6-13(7-9-18)11-17(2)3/h4-5,10,12-13,15H,6-9,11,16H2,1-3H3. The van der Waals surface area contributed by atoms with Crippen LogP contribution in [0.4, 0.5) is 0 Å². The summed E-state index contributed by atoms with van der Waals surface area (Å²) in [7, 11) is 4.34. The first-order valence-electron chi connectivity index (χ1n) is 7.25. The maximum Gasteiger partial charge on any atom is 0.0590 e. The predicted molar refractivity (Wildman–Crippen MR) is 83.6 cm³/mol. The minimum absolute atomic E-state index is 0.198. The number of hydrogen-bond acceptors (Lipinski definition) is 4. The Morgan fingerprint density at radius 1 is 1.42 bits per heavy atom. The highest BCUT2D eigenvalue weighted by Crippen LogP contribution is 2.31. The quantitative estimate of drug-likeness (QED) is 0.899. The van der Waals surface area contributed by atoms with E-state index in [1.165, 1.54) is 37.4 Å². The molecule has 1 aliphatic heterocycles. The number of nitrogens with zero attached hydrogens (tertiary/aromatic N) is 2. The van der Waals surface area contributed by atoms with Gasteiger partial charge in [-0.25, -0.2) is 0 Å². The average Bonchev–Trinajstić information content (AvgIpc) is 2.84. The van der Waals surface area contributed by atoms with Gasteiger partial charge in [-0.15, -0.1) is 11.3 Å². The topological polar surface area (TPSA) is 32.5 Å². The van der Waals surface area contributed by atoms with Crippen molar-refractivity contribution in [2.75, 3.05) is 33.7 Å². The summed E-state index contributed by atoms with van der Waals surface area (Å²) in [5, 5.41) is 2.16. The number of hydrogen-bond donors (Lipinski definition) is 1. The van der Waals surface area contributed by atoms with Crippen LogP contribution >= 0.6 is 11.3 Å². The molecule has 0 radical (unpaired) electrons. The van der Waals surface area contributed by atoms with E-state index >= 15 is 0 Å². The third-order valence-corrected chi connectivity index (χ3v) is 4.94. The van der Waals surface area contributed by atoms with Crippen LogP contribution in [0.2, 0.25) is 0 Å². The molecular formula is C15H27N3S. The molecular weight excluding hydrogens is 254 g/mol. The van der Waals surface area contributed by atoms with Gasteiger partial charge in [0.2, 0.25) is 0 Å². The molecule has 2 N–H and O–H groups in total. The molecule has 2 rings (SSSR count). The van der Waals surface area contributed by atoms with Gasteiger partial charge in [-0.3, -0.25) is 4.90 Å². The summed E-state index contributed by atoms with van der Waals surface area (Å²) >= 11 is 1.83. The lowest BCUT2D eigenvalue weighted by molar-refractivity contribution is 0.110. The molecule has 0 spiro atoms. The highest BCUT2D eigenvalue weighted by molar-refractivity contribution is 7.10. The molecule has 3 nitrogen and oxygen atoms in total. The minimum Gasteiger partial charge on any atom is -0.326 e. The molecule has 0 amide bonds. The van der Waals surface area contributed by atoms with E-state index in [0.717, 1.165) is 5.92 Å². The number of thiophene rings is 1. The number of likely N-dealkylation sites (tertiary alicyclic amines) is 1. The molecule has 1 aromatic heterocycles. The molecule has 4 heteroatoms. The zero-order chi connectivity index (χ0) is 13.8. The fraction of sp³-hybridized carbons (Fsp3) is 0.733. The van der Waals surface area contributed by atoms with E-state index in [9.17, 15) is 0 Å². The summed E-state index contributed by atoms with van der Waals surface area (Å²) in [4.78, 5) is 6.31. The normalized spacial score (nSPS) is 21.7. The molecule has 19 heavy (non-hydrogen) atoms. The Kier molecular flexibility index (Phi) is 5.39. The molecule has 1 fully saturated rings. The monoisotopic (exact) mass is 281 g/mol. The van der Waals surface area contributed by atoms with E-state index in [2.05, 4.69) is 48.3 Å². The predicted octanol–water partition coefficient (Wildman–Crippen LogP) is 2.41. The molecule has 1 aromatic rings. The van der Waals surface area contributed by atoms with Gasteiger partial charge >= 0.3 is 0 Å². The van der Waals surface area contributed by atoms with Gasteiger partial charge in [-0.05, 0) is 64.3 Å². The van der Waals surface area contributed by atoms with Crippen LogP contribution in [0.15, 0.2) is 17.5 Å². The van der Waals surface area contributed by atoms with Crippen molar-refractivity contribution in [2.45, 2.75) is 31.8 Å². The van der Waals surface area contributed by atoms with Crippen LogP contribution in [-0.4, -0.2) is 49.6 Å². The molecule has 0 saturated carbocycles. The van der Waals surface area contributed by atoms with E-state index < -0.39 is 0 Å². The Morgan fingerprint density at radius 3 is 2.58 bits per heavy atom. The second kappa shape index (κ2) is 6.84. The van der Waals surface area contributed by atoms with Gasteiger partial charge in [0.05, 0.1) is 6.04 Å². The van der Waals surface area contributed by atoms with Crippen LogP contribution in [0.1, 0.15) is 30.7 Å². The summed E-state index contributed by atoms with van der Waals surface area (Å²) in [6, 6.07) is 4.96. The Balaban J connectivity index is 1.95. The Labute approximate surface area is 121 Å². The summed E-state index contributed by atoms with van der Waals surface area (Å²) in [5.41, 5.74) is 6.23. The molecule has 1 saturated heterocycles. The van der Waals surface area contributed by atoms with Crippen LogP contribution in [0.5, 0.6) is 0 Å². The van der Waals surface area contributed by atoms with E-state index in [1.807, 2.05) is 11.3 Å². The van der Waals surface area contributed by atoms with Crippen LogP contribution in [-0.2, 0) is 0 Å². The zero-order valence-electron chi connectivity index (χ0n) is 12.4. The van der Waals surface area contributed by atoms with Crippen LogP contribution in [0.3, 0.4) is 0 Å². The lowest BCUT2D eigenvalue weighted by Gasteiger charge is -2.39. The molecule has 108 valence electrons. The lowest BCUT2D eigenvalue weighted by Crippen LogP contribution is -2.44. The second-order valence-electron chi connectivity index (χ2n) is 6.06. The van der Waals surface area contributed by atoms with Gasteiger partial charge in [-0.1, -0.05) is 6.07 Å². The zero-order valence-corrected chi connectivity index (χ0v) is 13.2. The molecule has 0 aromatic carbocycles. The molecule has 0 bridgehead atoms. The third-order valence-electron chi connectivity index (χ3n) is 4.00. The van der Waals surface area contributed by atoms with Crippen LogP contribution < -0.4 is 5.73 Å². The fourth-order valence-corrected chi connectivity index (χ4v) is 4.14. The van der Waals surface area contributed by atoms with E-state index in [4.69, 9.17) is 5.73 Å². The molecule has 2 atom stereocenters. The fourth-order valence-electron chi connectivity index (χ4n) is 3.16. The number of nitrogens with two attached hydrogens (primary N) is 1. The lowest BCUT2D eigenvalue weighted by atomic mass is 9.94. The average molecular weight is 281 g/mol. The van der Waals surface area contributed by atoms with Gasteiger partial charge in [0, 0.05) is 17.5 Å². The van der Waals surface area contributed by atoms with Crippen molar-refractivity contribution in [3.8, 4) is 0 Å². The molecule has 1 aliphatic rings. The SMILES string of the molecule is CC(N)C(c1cccs1)N1CCC(CN(C)C)CC1. The maximum atomic E-state index is 6.23. The summed E-state index contributed by atoms with van der Waals surface area (Å²) in [6.45, 7) is 5.72. The van der Waals surface area contributed by atoms with Crippen molar-refractivity contribution in [3.63, 3.8) is 0 Å². The second-order valence-corrected chi connectivity index (χ2v) is 7.04. The highest BCUT2D eigenvalue weighted by Gasteiger charge is 2.29. The van der Waals surface area contributed by atoms with Crippen molar-refractivity contribution < 1.29 is 0 Å².